The van der Waals surface area contributed by atoms with Crippen molar-refractivity contribution < 1.29 is 14.6 Å². The molecule has 0 heterocycles. The molecule has 2 rings (SSSR count). The maximum atomic E-state index is 11.1. The lowest BCUT2D eigenvalue weighted by Gasteiger charge is -2.11. The highest BCUT2D eigenvalue weighted by Gasteiger charge is 2.12. The van der Waals surface area contributed by atoms with Gasteiger partial charge in [-0.25, -0.2) is 4.79 Å². The first-order valence-electron chi connectivity index (χ1n) is 6.09. The van der Waals surface area contributed by atoms with Crippen molar-refractivity contribution in [2.24, 2.45) is 0 Å². The first kappa shape index (κ1) is 13.1. The minimum atomic E-state index is -0.899. The van der Waals surface area contributed by atoms with Gasteiger partial charge in [0.2, 0.25) is 0 Å². The van der Waals surface area contributed by atoms with Gasteiger partial charge in [-0.15, -0.1) is 0 Å². The zero-order valence-electron chi connectivity index (χ0n) is 11.0. The number of carbonyl (C=O) groups is 1. The normalized spacial score (nSPS) is 10.2. The van der Waals surface area contributed by atoms with Gasteiger partial charge in [0.05, 0.1) is 5.56 Å². The van der Waals surface area contributed by atoms with E-state index in [-0.39, 0.29) is 0 Å². The number of aromatic carboxylic acids is 1. The van der Waals surface area contributed by atoms with E-state index in [1.165, 1.54) is 0 Å². The highest BCUT2D eigenvalue weighted by Crippen LogP contribution is 2.22. The molecule has 19 heavy (non-hydrogen) atoms. The molecule has 2 aromatic carbocycles. The Labute approximate surface area is 112 Å². The van der Waals surface area contributed by atoms with Gasteiger partial charge in [0.15, 0.2) is 0 Å². The second-order valence-corrected chi connectivity index (χ2v) is 4.51. The van der Waals surface area contributed by atoms with Gasteiger partial charge in [-0.1, -0.05) is 30.3 Å². The number of aryl methyl sites for hydroxylation is 2. The largest absolute Gasteiger partial charge is 0.489 e. The van der Waals surface area contributed by atoms with Crippen molar-refractivity contribution >= 4 is 5.97 Å². The zero-order chi connectivity index (χ0) is 13.8. The minimum absolute atomic E-state index is 0.354. The lowest BCUT2D eigenvalue weighted by atomic mass is 10.0. The molecule has 3 heteroatoms. The monoisotopic (exact) mass is 256 g/mol. The molecular weight excluding hydrogens is 240 g/mol. The topological polar surface area (TPSA) is 46.5 Å². The summed E-state index contributed by atoms with van der Waals surface area (Å²) in [6.45, 7) is 4.05. The van der Waals surface area contributed by atoms with Crippen LogP contribution in [-0.4, -0.2) is 11.1 Å². The Bertz CT molecular complexity index is 565. The van der Waals surface area contributed by atoms with Crippen LogP contribution in [0, 0.1) is 13.8 Å². The molecule has 0 radical (unpaired) electrons. The van der Waals surface area contributed by atoms with Crippen molar-refractivity contribution in [2.75, 3.05) is 0 Å². The summed E-state index contributed by atoms with van der Waals surface area (Å²) < 4.78 is 5.70. The molecule has 3 nitrogen and oxygen atoms in total. The van der Waals surface area contributed by atoms with E-state index in [1.54, 1.807) is 26.0 Å². The molecule has 0 bridgehead atoms. The van der Waals surface area contributed by atoms with Gasteiger partial charge in [-0.2, -0.15) is 0 Å². The quantitative estimate of drug-likeness (QED) is 0.909. The summed E-state index contributed by atoms with van der Waals surface area (Å²) in [7, 11) is 0. The summed E-state index contributed by atoms with van der Waals surface area (Å²) in [5, 5.41) is 9.10. The maximum absolute atomic E-state index is 11.1. The standard InChI is InChI=1S/C16H16O3/c1-11-8-14(9-12(2)15(11)16(17)18)19-10-13-6-4-3-5-7-13/h3-9H,10H2,1-2H3,(H,17,18). The van der Waals surface area contributed by atoms with Crippen molar-refractivity contribution in [3.63, 3.8) is 0 Å². The Hall–Kier alpha value is -2.29. The first-order valence-corrected chi connectivity index (χ1v) is 6.09. The molecule has 0 aliphatic carbocycles. The molecule has 0 fully saturated rings. The highest BCUT2D eigenvalue weighted by atomic mass is 16.5. The fourth-order valence-electron chi connectivity index (χ4n) is 2.09. The Morgan fingerprint density at radius 1 is 1.11 bits per heavy atom. The summed E-state index contributed by atoms with van der Waals surface area (Å²) in [5.41, 5.74) is 2.87. The molecule has 0 atom stereocenters. The van der Waals surface area contributed by atoms with Crippen LogP contribution in [0.5, 0.6) is 5.75 Å². The summed E-state index contributed by atoms with van der Waals surface area (Å²) >= 11 is 0. The van der Waals surface area contributed by atoms with E-state index in [4.69, 9.17) is 9.84 Å². The lowest BCUT2D eigenvalue weighted by Crippen LogP contribution is -2.04. The summed E-state index contributed by atoms with van der Waals surface area (Å²) in [4.78, 5) is 11.1. The third-order valence-electron chi connectivity index (χ3n) is 2.97. The Morgan fingerprint density at radius 3 is 2.21 bits per heavy atom. The fourth-order valence-corrected chi connectivity index (χ4v) is 2.09. The van der Waals surface area contributed by atoms with Crippen LogP contribution in [-0.2, 0) is 6.61 Å². The predicted molar refractivity (Wildman–Crippen MR) is 73.6 cm³/mol. The number of benzene rings is 2. The van der Waals surface area contributed by atoms with E-state index in [0.717, 1.165) is 16.7 Å². The lowest BCUT2D eigenvalue weighted by molar-refractivity contribution is 0.0695. The van der Waals surface area contributed by atoms with Gasteiger partial charge in [0, 0.05) is 0 Å². The average Bonchev–Trinajstić information content (AvgIpc) is 2.36. The number of hydrogen-bond donors (Lipinski definition) is 1. The van der Waals surface area contributed by atoms with E-state index in [1.807, 2.05) is 30.3 Å². The third kappa shape index (κ3) is 3.13. The van der Waals surface area contributed by atoms with Crippen LogP contribution in [0.1, 0.15) is 27.0 Å². The van der Waals surface area contributed by atoms with Crippen molar-refractivity contribution in [3.05, 3.63) is 64.7 Å². The fraction of sp³-hybridized carbons (Fsp3) is 0.188. The van der Waals surface area contributed by atoms with E-state index in [2.05, 4.69) is 0 Å². The summed E-state index contributed by atoms with van der Waals surface area (Å²) in [6.07, 6.45) is 0. The molecular formula is C16H16O3. The zero-order valence-corrected chi connectivity index (χ0v) is 11.0. The molecule has 1 N–H and O–H groups in total. The van der Waals surface area contributed by atoms with Crippen LogP contribution in [0.4, 0.5) is 0 Å². The number of carboxylic acid groups (broad SMARTS) is 1. The van der Waals surface area contributed by atoms with E-state index in [9.17, 15) is 4.79 Å². The van der Waals surface area contributed by atoms with Crippen molar-refractivity contribution in [1.82, 2.24) is 0 Å². The Morgan fingerprint density at radius 2 is 1.68 bits per heavy atom. The second-order valence-electron chi connectivity index (χ2n) is 4.51. The molecule has 0 aliphatic rings. The van der Waals surface area contributed by atoms with Crippen molar-refractivity contribution in [3.8, 4) is 5.75 Å². The van der Waals surface area contributed by atoms with Crippen molar-refractivity contribution in [1.29, 1.82) is 0 Å². The van der Waals surface area contributed by atoms with Crippen LogP contribution in [0.2, 0.25) is 0 Å². The summed E-state index contributed by atoms with van der Waals surface area (Å²) in [6, 6.07) is 13.4. The van der Waals surface area contributed by atoms with Gasteiger partial charge in [0.1, 0.15) is 12.4 Å². The maximum Gasteiger partial charge on any atom is 0.336 e. The number of hydrogen-bond acceptors (Lipinski definition) is 2. The van der Waals surface area contributed by atoms with Crippen LogP contribution >= 0.6 is 0 Å². The van der Waals surface area contributed by atoms with Crippen LogP contribution in [0.15, 0.2) is 42.5 Å². The number of rotatable bonds is 4. The average molecular weight is 256 g/mol. The van der Waals surface area contributed by atoms with E-state index in [0.29, 0.717) is 17.9 Å². The molecule has 0 aromatic heterocycles. The highest BCUT2D eigenvalue weighted by molar-refractivity contribution is 5.91. The molecule has 0 saturated carbocycles. The van der Waals surface area contributed by atoms with Gasteiger partial charge >= 0.3 is 5.97 Å². The van der Waals surface area contributed by atoms with Crippen LogP contribution in [0.3, 0.4) is 0 Å². The van der Waals surface area contributed by atoms with Crippen LogP contribution in [0.25, 0.3) is 0 Å². The van der Waals surface area contributed by atoms with Gasteiger partial charge in [-0.05, 0) is 42.7 Å². The van der Waals surface area contributed by atoms with Crippen LogP contribution < -0.4 is 4.74 Å². The first-order chi connectivity index (χ1) is 9.08. The van der Waals surface area contributed by atoms with Gasteiger partial charge < -0.3 is 9.84 Å². The van der Waals surface area contributed by atoms with Crippen molar-refractivity contribution in [2.45, 2.75) is 20.5 Å². The molecule has 0 amide bonds. The van der Waals surface area contributed by atoms with E-state index < -0.39 is 5.97 Å². The minimum Gasteiger partial charge on any atom is -0.489 e. The molecule has 0 spiro atoms. The Balaban J connectivity index is 2.16. The SMILES string of the molecule is Cc1cc(OCc2ccccc2)cc(C)c1C(=O)O. The van der Waals surface area contributed by atoms with Gasteiger partial charge in [-0.3, -0.25) is 0 Å². The van der Waals surface area contributed by atoms with Gasteiger partial charge in [0.25, 0.3) is 0 Å². The molecule has 2 aromatic rings. The second kappa shape index (κ2) is 5.57. The molecule has 0 saturated heterocycles. The predicted octanol–water partition coefficient (Wildman–Crippen LogP) is 3.58. The smallest absolute Gasteiger partial charge is 0.336 e. The molecule has 0 aliphatic heterocycles. The molecule has 0 unspecified atom stereocenters. The molecule has 98 valence electrons. The third-order valence-corrected chi connectivity index (χ3v) is 2.97. The van der Waals surface area contributed by atoms with E-state index >= 15 is 0 Å². The number of ether oxygens (including phenoxy) is 1. The summed E-state index contributed by atoms with van der Waals surface area (Å²) in [5.74, 6) is -0.200. The number of carboxylic acids is 1. The Kier molecular flexibility index (Phi) is 3.85.